The van der Waals surface area contributed by atoms with Crippen molar-refractivity contribution in [3.05, 3.63) is 29.8 Å². The van der Waals surface area contributed by atoms with Gasteiger partial charge >= 0.3 is 0 Å². The molecule has 0 aliphatic heterocycles. The fraction of sp³-hybridized carbons (Fsp3) is 0.364. The molecule has 18 heavy (non-hydrogen) atoms. The van der Waals surface area contributed by atoms with Crippen molar-refractivity contribution < 1.29 is 18.3 Å². The predicted molar refractivity (Wildman–Crippen MR) is 67.9 cm³/mol. The molecule has 1 rings (SSSR count). The summed E-state index contributed by atoms with van der Waals surface area (Å²) in [6.07, 6.45) is 1.56. The lowest BCUT2D eigenvalue weighted by atomic mass is 10.2. The van der Waals surface area contributed by atoms with E-state index in [1.165, 1.54) is 12.1 Å². The topological polar surface area (TPSA) is 95.5 Å². The SMILES string of the molecule is CS(=O)(=O)NCCCNC(=O)c1ccccc1O. The van der Waals surface area contributed by atoms with Crippen molar-refractivity contribution in [3.8, 4) is 5.75 Å². The average molecular weight is 272 g/mol. The molecule has 0 atom stereocenters. The van der Waals surface area contributed by atoms with Crippen LogP contribution in [0.5, 0.6) is 5.75 Å². The lowest BCUT2D eigenvalue weighted by Crippen LogP contribution is -2.29. The third-order valence-electron chi connectivity index (χ3n) is 2.15. The molecular formula is C11H16N2O4S. The van der Waals surface area contributed by atoms with Gasteiger partial charge < -0.3 is 10.4 Å². The molecule has 0 saturated heterocycles. The van der Waals surface area contributed by atoms with Gasteiger partial charge in [-0.15, -0.1) is 0 Å². The van der Waals surface area contributed by atoms with Crippen molar-refractivity contribution in [1.82, 2.24) is 10.0 Å². The lowest BCUT2D eigenvalue weighted by molar-refractivity contribution is 0.0951. The van der Waals surface area contributed by atoms with E-state index in [2.05, 4.69) is 10.0 Å². The minimum Gasteiger partial charge on any atom is -0.507 e. The summed E-state index contributed by atoms with van der Waals surface area (Å²) < 4.78 is 23.8. The molecule has 0 fully saturated rings. The second-order valence-corrected chi connectivity index (χ2v) is 5.63. The number of aromatic hydroxyl groups is 1. The molecule has 0 aliphatic rings. The zero-order chi connectivity index (χ0) is 13.6. The van der Waals surface area contributed by atoms with Crippen LogP contribution in [-0.4, -0.2) is 38.8 Å². The Balaban J connectivity index is 2.33. The van der Waals surface area contributed by atoms with Crippen molar-refractivity contribution in [1.29, 1.82) is 0 Å². The van der Waals surface area contributed by atoms with E-state index in [0.717, 1.165) is 6.26 Å². The molecular weight excluding hydrogens is 256 g/mol. The molecule has 1 amide bonds. The number of sulfonamides is 1. The Kier molecular flexibility index (Phi) is 5.11. The average Bonchev–Trinajstić information content (AvgIpc) is 2.27. The van der Waals surface area contributed by atoms with Crippen LogP contribution in [0.1, 0.15) is 16.8 Å². The maximum atomic E-state index is 11.6. The van der Waals surface area contributed by atoms with Gasteiger partial charge in [-0.05, 0) is 18.6 Å². The first kappa shape index (κ1) is 14.5. The Morgan fingerprint density at radius 2 is 1.94 bits per heavy atom. The molecule has 0 heterocycles. The van der Waals surface area contributed by atoms with E-state index >= 15 is 0 Å². The van der Waals surface area contributed by atoms with Gasteiger partial charge in [-0.1, -0.05) is 12.1 Å². The number of benzene rings is 1. The van der Waals surface area contributed by atoms with Gasteiger partial charge in [0, 0.05) is 13.1 Å². The number of para-hydroxylation sites is 1. The summed E-state index contributed by atoms with van der Waals surface area (Å²) in [5, 5.41) is 12.0. The van der Waals surface area contributed by atoms with E-state index in [-0.39, 0.29) is 23.8 Å². The molecule has 0 aliphatic carbocycles. The molecule has 6 nitrogen and oxygen atoms in total. The smallest absolute Gasteiger partial charge is 0.255 e. The molecule has 0 bridgehead atoms. The second kappa shape index (κ2) is 6.36. The van der Waals surface area contributed by atoms with Gasteiger partial charge in [0.05, 0.1) is 11.8 Å². The normalized spacial score (nSPS) is 11.2. The summed E-state index contributed by atoms with van der Waals surface area (Å²) >= 11 is 0. The number of phenols is 1. The Morgan fingerprint density at radius 1 is 1.28 bits per heavy atom. The molecule has 1 aromatic rings. The Labute approximate surface area is 106 Å². The molecule has 0 spiro atoms. The molecule has 0 saturated carbocycles. The molecule has 100 valence electrons. The maximum Gasteiger partial charge on any atom is 0.255 e. The number of hydrogen-bond donors (Lipinski definition) is 3. The first-order valence-electron chi connectivity index (χ1n) is 5.41. The van der Waals surface area contributed by atoms with E-state index < -0.39 is 10.0 Å². The van der Waals surface area contributed by atoms with Gasteiger partial charge in [-0.2, -0.15) is 0 Å². The van der Waals surface area contributed by atoms with Gasteiger partial charge in [0.2, 0.25) is 10.0 Å². The van der Waals surface area contributed by atoms with Crippen molar-refractivity contribution in [2.24, 2.45) is 0 Å². The van der Waals surface area contributed by atoms with Crippen LogP contribution in [0.25, 0.3) is 0 Å². The monoisotopic (exact) mass is 272 g/mol. The molecule has 0 unspecified atom stereocenters. The number of phenolic OH excluding ortho intramolecular Hbond substituents is 1. The number of carbonyl (C=O) groups excluding carboxylic acids is 1. The first-order chi connectivity index (χ1) is 8.40. The Morgan fingerprint density at radius 3 is 2.56 bits per heavy atom. The van der Waals surface area contributed by atoms with Crippen LogP contribution in [0.15, 0.2) is 24.3 Å². The minimum atomic E-state index is -3.19. The largest absolute Gasteiger partial charge is 0.507 e. The fourth-order valence-electron chi connectivity index (χ4n) is 1.31. The highest BCUT2D eigenvalue weighted by Crippen LogP contribution is 2.14. The van der Waals surface area contributed by atoms with E-state index in [4.69, 9.17) is 0 Å². The van der Waals surface area contributed by atoms with Crippen LogP contribution in [0.3, 0.4) is 0 Å². The van der Waals surface area contributed by atoms with Crippen LogP contribution in [-0.2, 0) is 10.0 Å². The van der Waals surface area contributed by atoms with Crippen molar-refractivity contribution in [3.63, 3.8) is 0 Å². The van der Waals surface area contributed by atoms with Crippen LogP contribution < -0.4 is 10.0 Å². The number of nitrogens with one attached hydrogen (secondary N) is 2. The summed E-state index contributed by atoms with van der Waals surface area (Å²) in [5.41, 5.74) is 0.202. The van der Waals surface area contributed by atoms with E-state index in [1.807, 2.05) is 0 Å². The van der Waals surface area contributed by atoms with Crippen LogP contribution in [0.2, 0.25) is 0 Å². The van der Waals surface area contributed by atoms with Gasteiger partial charge in [0.1, 0.15) is 5.75 Å². The molecule has 3 N–H and O–H groups in total. The van der Waals surface area contributed by atoms with Crippen LogP contribution in [0.4, 0.5) is 0 Å². The van der Waals surface area contributed by atoms with E-state index in [9.17, 15) is 18.3 Å². The van der Waals surface area contributed by atoms with Crippen LogP contribution in [0, 0.1) is 0 Å². The highest BCUT2D eigenvalue weighted by atomic mass is 32.2. The Hall–Kier alpha value is -1.60. The highest BCUT2D eigenvalue weighted by molar-refractivity contribution is 7.88. The summed E-state index contributed by atoms with van der Waals surface area (Å²) in [6, 6.07) is 6.22. The highest BCUT2D eigenvalue weighted by Gasteiger charge is 2.08. The zero-order valence-electron chi connectivity index (χ0n) is 10.0. The number of rotatable bonds is 6. The zero-order valence-corrected chi connectivity index (χ0v) is 10.8. The number of amides is 1. The van der Waals surface area contributed by atoms with Gasteiger partial charge in [-0.25, -0.2) is 13.1 Å². The molecule has 7 heteroatoms. The fourth-order valence-corrected chi connectivity index (χ4v) is 1.82. The van der Waals surface area contributed by atoms with E-state index in [1.54, 1.807) is 12.1 Å². The third kappa shape index (κ3) is 5.15. The van der Waals surface area contributed by atoms with Crippen LogP contribution >= 0.6 is 0 Å². The van der Waals surface area contributed by atoms with Crippen molar-refractivity contribution in [2.45, 2.75) is 6.42 Å². The summed E-state index contributed by atoms with van der Waals surface area (Å²) in [6.45, 7) is 0.593. The van der Waals surface area contributed by atoms with Gasteiger partial charge in [-0.3, -0.25) is 4.79 Å². The summed E-state index contributed by atoms with van der Waals surface area (Å²) in [7, 11) is -3.19. The molecule has 1 aromatic carbocycles. The quantitative estimate of drug-likeness (QED) is 0.638. The van der Waals surface area contributed by atoms with Crippen molar-refractivity contribution in [2.75, 3.05) is 19.3 Å². The van der Waals surface area contributed by atoms with Gasteiger partial charge in [0.25, 0.3) is 5.91 Å². The van der Waals surface area contributed by atoms with Gasteiger partial charge in [0.15, 0.2) is 0 Å². The molecule has 0 radical (unpaired) electrons. The van der Waals surface area contributed by atoms with E-state index in [0.29, 0.717) is 13.0 Å². The first-order valence-corrected chi connectivity index (χ1v) is 7.30. The minimum absolute atomic E-state index is 0.0794. The maximum absolute atomic E-state index is 11.6. The molecule has 0 aromatic heterocycles. The number of hydrogen-bond acceptors (Lipinski definition) is 4. The second-order valence-electron chi connectivity index (χ2n) is 3.79. The third-order valence-corrected chi connectivity index (χ3v) is 2.88. The predicted octanol–water partition coefficient (Wildman–Crippen LogP) is 0.0613. The van der Waals surface area contributed by atoms with Crippen molar-refractivity contribution >= 4 is 15.9 Å². The summed E-state index contributed by atoms with van der Waals surface area (Å²) in [4.78, 5) is 11.6. The Bertz CT molecular complexity index is 514. The lowest BCUT2D eigenvalue weighted by Gasteiger charge is -2.06. The number of carbonyl (C=O) groups is 1. The summed E-state index contributed by atoms with van der Waals surface area (Å²) in [5.74, 6) is -0.461. The standard InChI is InChI=1S/C11H16N2O4S/c1-18(16,17)13-8-4-7-12-11(15)9-5-2-3-6-10(9)14/h2-3,5-6,13-14H,4,7-8H2,1H3,(H,12,15).